The van der Waals surface area contributed by atoms with Gasteiger partial charge < -0.3 is 10.2 Å². The van der Waals surface area contributed by atoms with Crippen LogP contribution in [0.3, 0.4) is 0 Å². The Hall–Kier alpha value is -0.980. The van der Waals surface area contributed by atoms with Crippen LogP contribution in [0.2, 0.25) is 10.0 Å². The number of rotatable bonds is 3. The fraction of sp³-hybridized carbons (Fsp3) is 0.462. The van der Waals surface area contributed by atoms with Crippen LogP contribution in [0.5, 0.6) is 0 Å². The van der Waals surface area contributed by atoms with Gasteiger partial charge in [0.1, 0.15) is 0 Å². The second-order valence-electron chi connectivity index (χ2n) is 4.90. The molecule has 8 heteroatoms. The molecule has 1 fully saturated rings. The Morgan fingerprint density at radius 2 is 2.14 bits per heavy atom. The van der Waals surface area contributed by atoms with E-state index < -0.39 is 9.84 Å². The monoisotopic (exact) mass is 350 g/mol. The number of anilines is 1. The third kappa shape index (κ3) is 4.02. The van der Waals surface area contributed by atoms with Gasteiger partial charge in [-0.1, -0.05) is 23.2 Å². The summed E-state index contributed by atoms with van der Waals surface area (Å²) in [5, 5.41) is 3.51. The van der Waals surface area contributed by atoms with Gasteiger partial charge in [0.2, 0.25) is 0 Å². The Labute approximate surface area is 134 Å². The van der Waals surface area contributed by atoms with Crippen molar-refractivity contribution in [2.24, 2.45) is 0 Å². The molecule has 2 rings (SSSR count). The number of nitrogens with one attached hydrogen (secondary N) is 1. The average Bonchev–Trinajstić information content (AvgIpc) is 2.74. The number of benzene rings is 1. The van der Waals surface area contributed by atoms with Crippen molar-refractivity contribution in [1.82, 2.24) is 4.90 Å². The van der Waals surface area contributed by atoms with Crippen molar-refractivity contribution in [1.29, 1.82) is 0 Å². The highest BCUT2D eigenvalue weighted by atomic mass is 35.5. The lowest BCUT2D eigenvalue weighted by Crippen LogP contribution is -2.43. The first-order valence-corrected chi connectivity index (χ1v) is 9.13. The molecule has 0 aliphatic carbocycles. The Bertz CT molecular complexity index is 649. The Balaban J connectivity index is 2.10. The summed E-state index contributed by atoms with van der Waals surface area (Å²) in [6, 6.07) is 4.13. The highest BCUT2D eigenvalue weighted by Gasteiger charge is 2.34. The van der Waals surface area contributed by atoms with Crippen molar-refractivity contribution >= 4 is 44.8 Å². The zero-order chi connectivity index (χ0) is 15.6. The molecular weight excluding hydrogens is 335 g/mol. The first-order valence-electron chi connectivity index (χ1n) is 6.55. The molecule has 1 N–H and O–H groups in total. The van der Waals surface area contributed by atoms with Crippen molar-refractivity contribution < 1.29 is 13.2 Å². The predicted octanol–water partition coefficient (Wildman–Crippen LogP) is 3.03. The van der Waals surface area contributed by atoms with E-state index >= 15 is 0 Å². The summed E-state index contributed by atoms with van der Waals surface area (Å²) in [7, 11) is -3.04. The van der Waals surface area contributed by atoms with Crippen LogP contribution in [0.15, 0.2) is 18.2 Å². The smallest absolute Gasteiger partial charge is 0.321 e. The molecule has 1 atom stereocenters. The zero-order valence-corrected chi connectivity index (χ0v) is 13.8. The first kappa shape index (κ1) is 16.4. The normalized spacial score (nSPS) is 20.2. The SMILES string of the molecule is CCN(C(=O)Nc1ccc(Cl)cc1Cl)C1CCS(=O)(=O)C1. The third-order valence-corrected chi connectivity index (χ3v) is 5.72. The number of carbonyl (C=O) groups is 1. The summed E-state index contributed by atoms with van der Waals surface area (Å²) >= 11 is 11.8. The lowest BCUT2D eigenvalue weighted by Gasteiger charge is -2.27. The number of hydrogen-bond acceptors (Lipinski definition) is 3. The first-order chi connectivity index (χ1) is 9.82. The summed E-state index contributed by atoms with van der Waals surface area (Å²) in [6.45, 7) is 2.24. The van der Waals surface area contributed by atoms with Crippen LogP contribution in [-0.4, -0.2) is 43.4 Å². The number of hydrogen-bond donors (Lipinski definition) is 1. The quantitative estimate of drug-likeness (QED) is 0.910. The summed E-state index contributed by atoms with van der Waals surface area (Å²) < 4.78 is 23.1. The maximum atomic E-state index is 12.3. The molecule has 0 spiro atoms. The lowest BCUT2D eigenvalue weighted by molar-refractivity contribution is 0.197. The van der Waals surface area contributed by atoms with Gasteiger partial charge in [-0.15, -0.1) is 0 Å². The number of nitrogens with zero attached hydrogens (tertiary/aromatic N) is 1. The molecule has 1 aliphatic heterocycles. The molecule has 21 heavy (non-hydrogen) atoms. The average molecular weight is 351 g/mol. The van der Waals surface area contributed by atoms with Crippen molar-refractivity contribution in [3.63, 3.8) is 0 Å². The van der Waals surface area contributed by atoms with Gasteiger partial charge in [0.15, 0.2) is 9.84 Å². The van der Waals surface area contributed by atoms with Gasteiger partial charge in [-0.2, -0.15) is 0 Å². The number of sulfone groups is 1. The predicted molar refractivity (Wildman–Crippen MR) is 84.9 cm³/mol. The molecular formula is C13H16Cl2N2O3S. The largest absolute Gasteiger partial charge is 0.322 e. The third-order valence-electron chi connectivity index (χ3n) is 3.42. The van der Waals surface area contributed by atoms with E-state index in [0.717, 1.165) is 0 Å². The van der Waals surface area contributed by atoms with Crippen molar-refractivity contribution in [2.75, 3.05) is 23.4 Å². The molecule has 0 saturated carbocycles. The van der Waals surface area contributed by atoms with Gasteiger partial charge in [0.05, 0.1) is 22.2 Å². The standard InChI is InChI=1S/C13H16Cl2N2O3S/c1-2-17(10-5-6-21(19,20)8-10)13(18)16-12-4-3-9(14)7-11(12)15/h3-4,7,10H,2,5-6,8H2,1H3,(H,16,18). The summed E-state index contributed by atoms with van der Waals surface area (Å²) in [6.07, 6.45) is 0.470. The molecule has 1 aromatic carbocycles. The number of carbonyl (C=O) groups excluding carboxylic acids is 1. The minimum absolute atomic E-state index is 0.0165. The van der Waals surface area contributed by atoms with Gasteiger partial charge in [0, 0.05) is 17.6 Å². The lowest BCUT2D eigenvalue weighted by atomic mass is 10.2. The van der Waals surface area contributed by atoms with Gasteiger partial charge in [-0.05, 0) is 31.5 Å². The van der Waals surface area contributed by atoms with E-state index in [1.165, 1.54) is 11.0 Å². The van der Waals surface area contributed by atoms with E-state index in [-0.39, 0.29) is 23.6 Å². The molecule has 1 heterocycles. The van der Waals surface area contributed by atoms with E-state index in [2.05, 4.69) is 5.32 Å². The van der Waals surface area contributed by atoms with Crippen molar-refractivity contribution in [3.8, 4) is 0 Å². The Morgan fingerprint density at radius 1 is 1.43 bits per heavy atom. The highest BCUT2D eigenvalue weighted by Crippen LogP contribution is 2.26. The molecule has 1 aromatic rings. The maximum absolute atomic E-state index is 12.3. The van der Waals surface area contributed by atoms with Crippen LogP contribution in [0, 0.1) is 0 Å². The van der Waals surface area contributed by atoms with E-state index in [1.807, 2.05) is 6.92 Å². The van der Waals surface area contributed by atoms with Crippen LogP contribution in [0.1, 0.15) is 13.3 Å². The van der Waals surface area contributed by atoms with Gasteiger partial charge in [0.25, 0.3) is 0 Å². The molecule has 1 aliphatic rings. The van der Waals surface area contributed by atoms with Gasteiger partial charge in [-0.3, -0.25) is 0 Å². The molecule has 1 unspecified atom stereocenters. The van der Waals surface area contributed by atoms with Crippen LogP contribution >= 0.6 is 23.2 Å². The van der Waals surface area contributed by atoms with Gasteiger partial charge >= 0.3 is 6.03 Å². The van der Waals surface area contributed by atoms with Crippen molar-refractivity contribution in [3.05, 3.63) is 28.2 Å². The van der Waals surface area contributed by atoms with Gasteiger partial charge in [-0.25, -0.2) is 13.2 Å². The minimum Gasteiger partial charge on any atom is -0.321 e. The fourth-order valence-corrected chi connectivity index (χ4v) is 4.55. The second kappa shape index (κ2) is 6.42. The Morgan fingerprint density at radius 3 is 2.67 bits per heavy atom. The molecule has 2 amide bonds. The highest BCUT2D eigenvalue weighted by molar-refractivity contribution is 7.91. The summed E-state index contributed by atoms with van der Waals surface area (Å²) in [5.41, 5.74) is 0.449. The molecule has 116 valence electrons. The number of halogens is 2. The molecule has 0 aromatic heterocycles. The second-order valence-corrected chi connectivity index (χ2v) is 7.97. The number of amides is 2. The van der Waals surface area contributed by atoms with E-state index in [9.17, 15) is 13.2 Å². The minimum atomic E-state index is -3.04. The topological polar surface area (TPSA) is 66.5 Å². The molecule has 5 nitrogen and oxygen atoms in total. The van der Waals surface area contributed by atoms with Crippen LogP contribution in [0.4, 0.5) is 10.5 Å². The van der Waals surface area contributed by atoms with E-state index in [1.54, 1.807) is 12.1 Å². The van der Waals surface area contributed by atoms with Crippen LogP contribution < -0.4 is 5.32 Å². The van der Waals surface area contributed by atoms with E-state index in [4.69, 9.17) is 23.2 Å². The molecule has 1 saturated heterocycles. The molecule has 0 radical (unpaired) electrons. The van der Waals surface area contributed by atoms with Crippen molar-refractivity contribution in [2.45, 2.75) is 19.4 Å². The van der Waals surface area contributed by atoms with Crippen LogP contribution in [0.25, 0.3) is 0 Å². The van der Waals surface area contributed by atoms with Crippen LogP contribution in [-0.2, 0) is 9.84 Å². The maximum Gasteiger partial charge on any atom is 0.322 e. The Kier molecular flexibility index (Phi) is 5.01. The zero-order valence-electron chi connectivity index (χ0n) is 11.5. The summed E-state index contributed by atoms with van der Waals surface area (Å²) in [4.78, 5) is 13.8. The summed E-state index contributed by atoms with van der Waals surface area (Å²) in [5.74, 6) is 0.145. The number of urea groups is 1. The fourth-order valence-electron chi connectivity index (χ4n) is 2.37. The molecule has 0 bridgehead atoms. The van der Waals surface area contributed by atoms with E-state index in [0.29, 0.717) is 28.7 Å².